The van der Waals surface area contributed by atoms with Gasteiger partial charge in [-0.1, -0.05) is 12.1 Å². The molecule has 1 atom stereocenters. The second kappa shape index (κ2) is 3.88. The van der Waals surface area contributed by atoms with E-state index in [9.17, 15) is 0 Å². The van der Waals surface area contributed by atoms with Gasteiger partial charge in [0.15, 0.2) is 0 Å². The molecule has 3 rings (SSSR count). The van der Waals surface area contributed by atoms with Crippen molar-refractivity contribution in [1.29, 1.82) is 0 Å². The van der Waals surface area contributed by atoms with Gasteiger partial charge in [-0.05, 0) is 57.0 Å². The van der Waals surface area contributed by atoms with Crippen molar-refractivity contribution in [2.24, 2.45) is 0 Å². The molecular formula is C15H19NO. The topological polar surface area (TPSA) is 21.3 Å². The number of ether oxygens (including phenoxy) is 1. The lowest BCUT2D eigenvalue weighted by Gasteiger charge is -2.28. The Labute approximate surface area is 103 Å². The largest absolute Gasteiger partial charge is 0.483 e. The standard InChI is InChI=1S/C15H19NO/c1-15(2)8-7-12-10-11(5-6-14(12)17-15)13-4-3-9-16-13/h5-8,10,13,16H,3-4,9H2,1-2H3. The third-order valence-corrected chi connectivity index (χ3v) is 3.53. The zero-order chi connectivity index (χ0) is 11.9. The smallest absolute Gasteiger partial charge is 0.127 e. The van der Waals surface area contributed by atoms with Crippen molar-refractivity contribution in [2.75, 3.05) is 6.54 Å². The SMILES string of the molecule is CC1(C)C=Cc2cc(C3CCCN3)ccc2O1. The van der Waals surface area contributed by atoms with Gasteiger partial charge >= 0.3 is 0 Å². The molecule has 2 aliphatic heterocycles. The van der Waals surface area contributed by atoms with E-state index in [4.69, 9.17) is 4.74 Å². The van der Waals surface area contributed by atoms with E-state index in [1.54, 1.807) is 0 Å². The van der Waals surface area contributed by atoms with Crippen LogP contribution in [0.2, 0.25) is 0 Å². The summed E-state index contributed by atoms with van der Waals surface area (Å²) >= 11 is 0. The van der Waals surface area contributed by atoms with Gasteiger partial charge in [-0.15, -0.1) is 0 Å². The number of rotatable bonds is 1. The van der Waals surface area contributed by atoms with E-state index in [0.717, 1.165) is 12.3 Å². The summed E-state index contributed by atoms with van der Waals surface area (Å²) in [6.07, 6.45) is 6.83. The van der Waals surface area contributed by atoms with E-state index in [-0.39, 0.29) is 5.60 Å². The van der Waals surface area contributed by atoms with Crippen molar-refractivity contribution >= 4 is 6.08 Å². The van der Waals surface area contributed by atoms with Crippen molar-refractivity contribution in [2.45, 2.75) is 38.3 Å². The van der Waals surface area contributed by atoms with Crippen LogP contribution in [0, 0.1) is 0 Å². The molecule has 2 heterocycles. The van der Waals surface area contributed by atoms with E-state index in [2.05, 4.69) is 49.5 Å². The molecule has 90 valence electrons. The summed E-state index contributed by atoms with van der Waals surface area (Å²) in [5.74, 6) is 0.999. The zero-order valence-electron chi connectivity index (χ0n) is 10.5. The highest BCUT2D eigenvalue weighted by Gasteiger charge is 2.23. The van der Waals surface area contributed by atoms with E-state index >= 15 is 0 Å². The average Bonchev–Trinajstić information content (AvgIpc) is 2.81. The van der Waals surface area contributed by atoms with Gasteiger partial charge in [0.05, 0.1) is 0 Å². The average molecular weight is 229 g/mol. The number of fused-ring (bicyclic) bond motifs is 1. The van der Waals surface area contributed by atoms with E-state index in [1.165, 1.54) is 24.0 Å². The summed E-state index contributed by atoms with van der Waals surface area (Å²) < 4.78 is 5.93. The first-order valence-corrected chi connectivity index (χ1v) is 6.40. The van der Waals surface area contributed by atoms with Crippen molar-refractivity contribution in [3.63, 3.8) is 0 Å². The summed E-state index contributed by atoms with van der Waals surface area (Å²) in [5, 5.41) is 3.53. The molecule has 17 heavy (non-hydrogen) atoms. The number of hydrogen-bond donors (Lipinski definition) is 1. The van der Waals surface area contributed by atoms with Crippen LogP contribution in [0.15, 0.2) is 24.3 Å². The highest BCUT2D eigenvalue weighted by Crippen LogP contribution is 2.34. The number of benzene rings is 1. The molecule has 1 fully saturated rings. The predicted molar refractivity (Wildman–Crippen MR) is 70.2 cm³/mol. The molecule has 2 aliphatic rings. The predicted octanol–water partition coefficient (Wildman–Crippen LogP) is 3.30. The fourth-order valence-electron chi connectivity index (χ4n) is 2.58. The Hall–Kier alpha value is -1.28. The van der Waals surface area contributed by atoms with Crippen LogP contribution in [0.1, 0.15) is 43.9 Å². The van der Waals surface area contributed by atoms with Gasteiger partial charge < -0.3 is 10.1 Å². The molecule has 1 unspecified atom stereocenters. The van der Waals surface area contributed by atoms with E-state index in [0.29, 0.717) is 6.04 Å². The summed E-state index contributed by atoms with van der Waals surface area (Å²) in [4.78, 5) is 0. The second-order valence-corrected chi connectivity index (χ2v) is 5.49. The van der Waals surface area contributed by atoms with E-state index in [1.807, 2.05) is 0 Å². The molecule has 1 saturated heterocycles. The Bertz CT molecular complexity index is 456. The molecular weight excluding hydrogens is 210 g/mol. The summed E-state index contributed by atoms with van der Waals surface area (Å²) in [5.41, 5.74) is 2.41. The van der Waals surface area contributed by atoms with E-state index < -0.39 is 0 Å². The van der Waals surface area contributed by atoms with Crippen molar-refractivity contribution < 1.29 is 4.74 Å². The van der Waals surface area contributed by atoms with Crippen LogP contribution in [-0.2, 0) is 0 Å². The molecule has 2 nitrogen and oxygen atoms in total. The Morgan fingerprint density at radius 3 is 3.00 bits per heavy atom. The van der Waals surface area contributed by atoms with Crippen LogP contribution < -0.4 is 10.1 Å². The molecule has 2 heteroatoms. The third-order valence-electron chi connectivity index (χ3n) is 3.53. The highest BCUT2D eigenvalue weighted by molar-refractivity contribution is 5.62. The number of nitrogens with one attached hydrogen (secondary N) is 1. The van der Waals surface area contributed by atoms with Crippen LogP contribution in [0.5, 0.6) is 5.75 Å². The van der Waals surface area contributed by atoms with Gasteiger partial charge in [-0.2, -0.15) is 0 Å². The summed E-state index contributed by atoms with van der Waals surface area (Å²) in [6, 6.07) is 7.08. The van der Waals surface area contributed by atoms with Crippen LogP contribution in [-0.4, -0.2) is 12.1 Å². The first-order valence-electron chi connectivity index (χ1n) is 6.40. The maximum atomic E-state index is 5.93. The van der Waals surface area contributed by atoms with Gasteiger partial charge in [0.25, 0.3) is 0 Å². The van der Waals surface area contributed by atoms with Gasteiger partial charge in [0.2, 0.25) is 0 Å². The maximum Gasteiger partial charge on any atom is 0.127 e. The first kappa shape index (κ1) is 10.8. The lowest BCUT2D eigenvalue weighted by Crippen LogP contribution is -2.27. The fraction of sp³-hybridized carbons (Fsp3) is 0.467. The molecule has 0 aromatic heterocycles. The van der Waals surface area contributed by atoms with Gasteiger partial charge in [0.1, 0.15) is 11.4 Å². The zero-order valence-corrected chi connectivity index (χ0v) is 10.5. The molecule has 1 aromatic rings. The first-order chi connectivity index (χ1) is 8.14. The lowest BCUT2D eigenvalue weighted by atomic mass is 9.98. The van der Waals surface area contributed by atoms with Gasteiger partial charge in [0, 0.05) is 11.6 Å². The minimum absolute atomic E-state index is 0.180. The van der Waals surface area contributed by atoms with Crippen molar-refractivity contribution in [3.8, 4) is 5.75 Å². The fourth-order valence-corrected chi connectivity index (χ4v) is 2.58. The highest BCUT2D eigenvalue weighted by atomic mass is 16.5. The minimum Gasteiger partial charge on any atom is -0.483 e. The molecule has 1 aromatic carbocycles. The Kier molecular flexibility index (Phi) is 2.48. The van der Waals surface area contributed by atoms with Gasteiger partial charge in [-0.25, -0.2) is 0 Å². The summed E-state index contributed by atoms with van der Waals surface area (Å²) in [6.45, 7) is 5.30. The Morgan fingerprint density at radius 1 is 1.35 bits per heavy atom. The number of hydrogen-bond acceptors (Lipinski definition) is 2. The molecule has 1 N–H and O–H groups in total. The lowest BCUT2D eigenvalue weighted by molar-refractivity contribution is 0.159. The third kappa shape index (κ3) is 2.09. The van der Waals surface area contributed by atoms with Crippen LogP contribution in [0.25, 0.3) is 6.08 Å². The van der Waals surface area contributed by atoms with Crippen LogP contribution in [0.3, 0.4) is 0 Å². The summed E-state index contributed by atoms with van der Waals surface area (Å²) in [7, 11) is 0. The molecule has 0 amide bonds. The Morgan fingerprint density at radius 2 is 2.24 bits per heavy atom. The molecule has 0 bridgehead atoms. The molecule has 0 aliphatic carbocycles. The monoisotopic (exact) mass is 229 g/mol. The molecule has 0 radical (unpaired) electrons. The normalized spacial score (nSPS) is 25.4. The van der Waals surface area contributed by atoms with Crippen molar-refractivity contribution in [3.05, 3.63) is 35.4 Å². The Balaban J connectivity index is 1.92. The van der Waals surface area contributed by atoms with Gasteiger partial charge in [-0.3, -0.25) is 0 Å². The molecule has 0 saturated carbocycles. The molecule has 0 spiro atoms. The van der Waals surface area contributed by atoms with Crippen LogP contribution in [0.4, 0.5) is 0 Å². The maximum absolute atomic E-state index is 5.93. The minimum atomic E-state index is -0.180. The van der Waals surface area contributed by atoms with Crippen molar-refractivity contribution in [1.82, 2.24) is 5.32 Å². The second-order valence-electron chi connectivity index (χ2n) is 5.49. The quantitative estimate of drug-likeness (QED) is 0.797. The van der Waals surface area contributed by atoms with Crippen LogP contribution >= 0.6 is 0 Å².